The number of aryl methyl sites for hydroxylation is 1. The second-order valence-corrected chi connectivity index (χ2v) is 5.85. The number of halogens is 1. The number of anilines is 1. The average Bonchev–Trinajstić information content (AvgIpc) is 2.42. The first-order valence-electron chi connectivity index (χ1n) is 6.55. The van der Waals surface area contributed by atoms with Crippen molar-refractivity contribution in [3.8, 4) is 0 Å². The van der Waals surface area contributed by atoms with Gasteiger partial charge in [0.25, 0.3) is 5.56 Å². The molecule has 0 fully saturated rings. The Morgan fingerprint density at radius 1 is 1.30 bits per heavy atom. The molecule has 0 unspecified atom stereocenters. The lowest BCUT2D eigenvalue weighted by Gasteiger charge is -2.12. The van der Waals surface area contributed by atoms with Gasteiger partial charge in [-0.25, -0.2) is 4.68 Å². The topological polar surface area (TPSA) is 46.9 Å². The van der Waals surface area contributed by atoms with E-state index in [9.17, 15) is 4.79 Å². The minimum absolute atomic E-state index is 0.0462. The molecule has 0 aliphatic carbocycles. The summed E-state index contributed by atoms with van der Waals surface area (Å²) in [5.41, 5.74) is 2.99. The lowest BCUT2D eigenvalue weighted by molar-refractivity contribution is 0.501. The molecule has 2 rings (SSSR count). The molecule has 0 amide bonds. The fourth-order valence-corrected chi connectivity index (χ4v) is 2.26. The summed E-state index contributed by atoms with van der Waals surface area (Å²) >= 11 is 3.35. The van der Waals surface area contributed by atoms with Gasteiger partial charge in [0, 0.05) is 6.54 Å². The zero-order chi connectivity index (χ0) is 14.7. The van der Waals surface area contributed by atoms with E-state index in [0.717, 1.165) is 5.56 Å². The summed E-state index contributed by atoms with van der Waals surface area (Å²) in [5, 5.41) is 7.41. The highest BCUT2D eigenvalue weighted by atomic mass is 79.9. The number of hydrogen-bond donors (Lipinski definition) is 1. The van der Waals surface area contributed by atoms with E-state index in [0.29, 0.717) is 16.7 Å². The molecule has 0 aliphatic rings. The Hall–Kier alpha value is -1.62. The van der Waals surface area contributed by atoms with Crippen molar-refractivity contribution in [1.82, 2.24) is 9.78 Å². The molecule has 5 heteroatoms. The summed E-state index contributed by atoms with van der Waals surface area (Å²) in [6, 6.07) is 8.32. The Morgan fingerprint density at radius 2 is 1.95 bits per heavy atom. The summed E-state index contributed by atoms with van der Waals surface area (Å²) in [5.74, 6) is 0. The van der Waals surface area contributed by atoms with Crippen molar-refractivity contribution in [2.75, 3.05) is 5.32 Å². The van der Waals surface area contributed by atoms with Gasteiger partial charge in [-0.05, 0) is 42.3 Å². The van der Waals surface area contributed by atoms with E-state index in [1.165, 1.54) is 10.2 Å². The Morgan fingerprint density at radius 3 is 2.55 bits per heavy atom. The molecule has 0 spiro atoms. The van der Waals surface area contributed by atoms with E-state index in [1.54, 1.807) is 6.20 Å². The van der Waals surface area contributed by atoms with Crippen LogP contribution in [0.5, 0.6) is 0 Å². The van der Waals surface area contributed by atoms with E-state index in [2.05, 4.69) is 57.5 Å². The van der Waals surface area contributed by atoms with Crippen molar-refractivity contribution in [2.24, 2.45) is 0 Å². The lowest BCUT2D eigenvalue weighted by Crippen LogP contribution is -2.26. The number of benzene rings is 1. The maximum absolute atomic E-state index is 12.1. The quantitative estimate of drug-likeness (QED) is 0.929. The zero-order valence-corrected chi connectivity index (χ0v) is 13.4. The van der Waals surface area contributed by atoms with Gasteiger partial charge in [0.2, 0.25) is 0 Å². The first-order chi connectivity index (χ1) is 9.49. The molecule has 106 valence electrons. The molecule has 0 saturated heterocycles. The monoisotopic (exact) mass is 335 g/mol. The molecule has 0 radical (unpaired) electrons. The van der Waals surface area contributed by atoms with Crippen molar-refractivity contribution < 1.29 is 0 Å². The van der Waals surface area contributed by atoms with Gasteiger partial charge in [0.15, 0.2) is 0 Å². The van der Waals surface area contributed by atoms with E-state index in [4.69, 9.17) is 0 Å². The molecule has 2 aromatic rings. The van der Waals surface area contributed by atoms with E-state index < -0.39 is 0 Å². The number of hydrogen-bond acceptors (Lipinski definition) is 3. The van der Waals surface area contributed by atoms with Gasteiger partial charge in [0.05, 0.1) is 17.9 Å². The van der Waals surface area contributed by atoms with Crippen LogP contribution < -0.4 is 10.9 Å². The summed E-state index contributed by atoms with van der Waals surface area (Å²) in [6.07, 6.45) is 1.68. The van der Waals surface area contributed by atoms with Crippen LogP contribution in [0.3, 0.4) is 0 Å². The van der Waals surface area contributed by atoms with Crippen molar-refractivity contribution in [2.45, 2.75) is 33.4 Å². The number of aromatic nitrogens is 2. The Kier molecular flexibility index (Phi) is 4.60. The molecule has 1 aromatic heterocycles. The largest absolute Gasteiger partial charge is 0.379 e. The standard InChI is InChI=1S/C15H18BrN3O/c1-10(2)19-15(20)14(16)13(9-18-19)17-8-12-6-4-11(3)5-7-12/h4-7,9-10,17H,8H2,1-3H3. The van der Waals surface area contributed by atoms with Gasteiger partial charge in [-0.15, -0.1) is 0 Å². The van der Waals surface area contributed by atoms with Gasteiger partial charge in [-0.3, -0.25) is 4.79 Å². The van der Waals surface area contributed by atoms with Crippen molar-refractivity contribution in [3.05, 3.63) is 56.4 Å². The van der Waals surface area contributed by atoms with Gasteiger partial charge >= 0.3 is 0 Å². The fraction of sp³-hybridized carbons (Fsp3) is 0.333. The molecule has 4 nitrogen and oxygen atoms in total. The number of rotatable bonds is 4. The number of nitrogens with zero attached hydrogens (tertiary/aromatic N) is 2. The summed E-state index contributed by atoms with van der Waals surface area (Å²) < 4.78 is 1.98. The van der Waals surface area contributed by atoms with Crippen LogP contribution in [0, 0.1) is 6.92 Å². The van der Waals surface area contributed by atoms with Crippen LogP contribution in [0.25, 0.3) is 0 Å². The minimum atomic E-state index is -0.117. The molecule has 1 heterocycles. The fourth-order valence-electron chi connectivity index (χ4n) is 1.84. The molecule has 0 bridgehead atoms. The molecule has 1 aromatic carbocycles. The molecular formula is C15H18BrN3O. The smallest absolute Gasteiger partial charge is 0.283 e. The molecular weight excluding hydrogens is 318 g/mol. The zero-order valence-electron chi connectivity index (χ0n) is 11.9. The average molecular weight is 336 g/mol. The third-order valence-corrected chi connectivity index (χ3v) is 3.80. The van der Waals surface area contributed by atoms with Crippen LogP contribution in [0.2, 0.25) is 0 Å². The van der Waals surface area contributed by atoms with E-state index in [1.807, 2.05) is 13.8 Å². The van der Waals surface area contributed by atoms with Crippen molar-refractivity contribution in [3.63, 3.8) is 0 Å². The minimum Gasteiger partial charge on any atom is -0.379 e. The van der Waals surface area contributed by atoms with Gasteiger partial charge in [0.1, 0.15) is 4.47 Å². The van der Waals surface area contributed by atoms with Crippen LogP contribution in [-0.4, -0.2) is 9.78 Å². The Bertz CT molecular complexity index is 647. The number of nitrogens with one attached hydrogen (secondary N) is 1. The van der Waals surface area contributed by atoms with Gasteiger partial charge in [-0.2, -0.15) is 5.10 Å². The van der Waals surface area contributed by atoms with Crippen LogP contribution in [0.15, 0.2) is 39.7 Å². The van der Waals surface area contributed by atoms with Gasteiger partial charge in [-0.1, -0.05) is 29.8 Å². The van der Waals surface area contributed by atoms with Crippen molar-refractivity contribution >= 4 is 21.6 Å². The normalized spacial score (nSPS) is 10.8. The van der Waals surface area contributed by atoms with Crippen LogP contribution >= 0.6 is 15.9 Å². The summed E-state index contributed by atoms with van der Waals surface area (Å²) in [4.78, 5) is 12.1. The van der Waals surface area contributed by atoms with Crippen LogP contribution in [0.1, 0.15) is 31.0 Å². The third-order valence-electron chi connectivity index (χ3n) is 3.04. The van der Waals surface area contributed by atoms with Gasteiger partial charge < -0.3 is 5.32 Å². The Balaban J connectivity index is 2.16. The first kappa shape index (κ1) is 14.8. The predicted molar refractivity (Wildman–Crippen MR) is 85.1 cm³/mol. The Labute approximate surface area is 127 Å². The van der Waals surface area contributed by atoms with E-state index >= 15 is 0 Å². The molecule has 0 aliphatic heterocycles. The first-order valence-corrected chi connectivity index (χ1v) is 7.35. The second kappa shape index (κ2) is 6.22. The van der Waals surface area contributed by atoms with Crippen LogP contribution in [-0.2, 0) is 6.54 Å². The molecule has 0 saturated carbocycles. The predicted octanol–water partition coefficient (Wildman–Crippen LogP) is 3.51. The summed E-state index contributed by atoms with van der Waals surface area (Å²) in [6.45, 7) is 6.58. The van der Waals surface area contributed by atoms with E-state index in [-0.39, 0.29) is 11.6 Å². The molecule has 0 atom stereocenters. The molecule has 20 heavy (non-hydrogen) atoms. The summed E-state index contributed by atoms with van der Waals surface area (Å²) in [7, 11) is 0. The maximum Gasteiger partial charge on any atom is 0.283 e. The molecule has 1 N–H and O–H groups in total. The SMILES string of the molecule is Cc1ccc(CNc2cnn(C(C)C)c(=O)c2Br)cc1. The van der Waals surface area contributed by atoms with Crippen molar-refractivity contribution in [1.29, 1.82) is 0 Å². The third kappa shape index (κ3) is 3.28. The second-order valence-electron chi connectivity index (χ2n) is 5.05. The van der Waals surface area contributed by atoms with Crippen LogP contribution in [0.4, 0.5) is 5.69 Å². The highest BCUT2D eigenvalue weighted by molar-refractivity contribution is 9.10. The lowest BCUT2D eigenvalue weighted by atomic mass is 10.1. The highest BCUT2D eigenvalue weighted by Crippen LogP contribution is 2.18. The maximum atomic E-state index is 12.1. The highest BCUT2D eigenvalue weighted by Gasteiger charge is 2.10.